The lowest BCUT2D eigenvalue weighted by molar-refractivity contribution is 0.0328. The molecule has 1 saturated heterocycles. The van der Waals surface area contributed by atoms with E-state index in [0.717, 1.165) is 32.4 Å². The molecule has 3 nitrogen and oxygen atoms in total. The van der Waals surface area contributed by atoms with Gasteiger partial charge >= 0.3 is 0 Å². The Balaban J connectivity index is 2.29. The Hall–Kier alpha value is -0.120. The van der Waals surface area contributed by atoms with Crippen LogP contribution in [-0.4, -0.2) is 46.5 Å². The van der Waals surface area contributed by atoms with E-state index < -0.39 is 0 Å². The number of nitrogens with zero attached hydrogens (tertiary/aromatic N) is 1. The lowest BCUT2D eigenvalue weighted by Gasteiger charge is -2.36. The van der Waals surface area contributed by atoms with Crippen LogP contribution >= 0.6 is 0 Å². The summed E-state index contributed by atoms with van der Waals surface area (Å²) < 4.78 is 0. The van der Waals surface area contributed by atoms with E-state index in [2.05, 4.69) is 11.8 Å². The van der Waals surface area contributed by atoms with Crippen LogP contribution in [0.15, 0.2) is 0 Å². The lowest BCUT2D eigenvalue weighted by atomic mass is 10.0. The zero-order valence-electron chi connectivity index (χ0n) is 8.61. The molecule has 0 spiro atoms. The van der Waals surface area contributed by atoms with Crippen LogP contribution in [0.2, 0.25) is 0 Å². The van der Waals surface area contributed by atoms with E-state index in [1.54, 1.807) is 0 Å². The molecule has 0 aromatic carbocycles. The van der Waals surface area contributed by atoms with E-state index in [4.69, 9.17) is 5.11 Å². The predicted molar refractivity (Wildman–Crippen MR) is 52.6 cm³/mol. The molecule has 1 aliphatic rings. The van der Waals surface area contributed by atoms with E-state index in [1.165, 1.54) is 0 Å². The summed E-state index contributed by atoms with van der Waals surface area (Å²) in [5.74, 6) is 0. The quantitative estimate of drug-likeness (QED) is 0.680. The van der Waals surface area contributed by atoms with Crippen molar-refractivity contribution in [2.24, 2.45) is 0 Å². The van der Waals surface area contributed by atoms with E-state index in [1.807, 2.05) is 6.92 Å². The summed E-state index contributed by atoms with van der Waals surface area (Å²) in [6.45, 7) is 5.67. The van der Waals surface area contributed by atoms with Gasteiger partial charge in [-0.15, -0.1) is 0 Å². The monoisotopic (exact) mass is 187 g/mol. The number of hydrogen-bond donors (Lipinski definition) is 2. The minimum Gasteiger partial charge on any atom is -0.393 e. The average Bonchev–Trinajstić information content (AvgIpc) is 2.06. The van der Waals surface area contributed by atoms with Crippen LogP contribution in [0.5, 0.6) is 0 Å². The highest BCUT2D eigenvalue weighted by atomic mass is 16.3. The van der Waals surface area contributed by atoms with Crippen LogP contribution in [0.4, 0.5) is 0 Å². The van der Waals surface area contributed by atoms with Gasteiger partial charge in [0.05, 0.1) is 12.2 Å². The number of hydrogen-bond acceptors (Lipinski definition) is 3. The van der Waals surface area contributed by atoms with Gasteiger partial charge in [0, 0.05) is 19.1 Å². The molecule has 0 bridgehead atoms. The maximum absolute atomic E-state index is 9.46. The molecule has 3 atom stereocenters. The van der Waals surface area contributed by atoms with Crippen molar-refractivity contribution in [3.63, 3.8) is 0 Å². The van der Waals surface area contributed by atoms with Gasteiger partial charge in [-0.2, -0.15) is 0 Å². The van der Waals surface area contributed by atoms with Crippen molar-refractivity contribution in [3.05, 3.63) is 0 Å². The fourth-order valence-electron chi connectivity index (χ4n) is 1.82. The van der Waals surface area contributed by atoms with Crippen LogP contribution in [0, 0.1) is 0 Å². The maximum Gasteiger partial charge on any atom is 0.0667 e. The number of aliphatic hydroxyl groups is 2. The van der Waals surface area contributed by atoms with Crippen LogP contribution in [0.25, 0.3) is 0 Å². The first kappa shape index (κ1) is 11.0. The Morgan fingerprint density at radius 1 is 1.46 bits per heavy atom. The molecule has 0 aromatic heterocycles. The zero-order chi connectivity index (χ0) is 9.84. The van der Waals surface area contributed by atoms with Crippen molar-refractivity contribution in [1.82, 2.24) is 4.90 Å². The molecule has 1 heterocycles. The Labute approximate surface area is 80.4 Å². The summed E-state index contributed by atoms with van der Waals surface area (Å²) in [6.07, 6.45) is 2.40. The summed E-state index contributed by atoms with van der Waals surface area (Å²) in [5.41, 5.74) is 0. The molecule has 0 saturated carbocycles. The smallest absolute Gasteiger partial charge is 0.0667 e. The topological polar surface area (TPSA) is 43.7 Å². The Kier molecular flexibility index (Phi) is 4.16. The average molecular weight is 187 g/mol. The van der Waals surface area contributed by atoms with Gasteiger partial charge in [-0.25, -0.2) is 0 Å². The van der Waals surface area contributed by atoms with Crippen molar-refractivity contribution >= 4 is 0 Å². The normalized spacial score (nSPS) is 33.2. The largest absolute Gasteiger partial charge is 0.393 e. The number of rotatable bonds is 3. The number of piperidine rings is 1. The summed E-state index contributed by atoms with van der Waals surface area (Å²) in [6, 6.07) is 0.558. The van der Waals surface area contributed by atoms with Crippen molar-refractivity contribution in [2.75, 3.05) is 13.1 Å². The van der Waals surface area contributed by atoms with E-state index in [9.17, 15) is 5.11 Å². The standard InChI is InChI=1S/C10H21NO2/c1-8-3-4-10(13)7-11(8)6-5-9(2)12/h8-10,12-13H,3-7H2,1-2H3. The molecule has 1 aliphatic heterocycles. The van der Waals surface area contributed by atoms with Gasteiger partial charge in [0.1, 0.15) is 0 Å². The number of aliphatic hydroxyl groups excluding tert-OH is 2. The first-order chi connectivity index (χ1) is 6.09. The van der Waals surface area contributed by atoms with Crippen molar-refractivity contribution in [1.29, 1.82) is 0 Å². The van der Waals surface area contributed by atoms with Gasteiger partial charge in [-0.3, -0.25) is 4.90 Å². The fraction of sp³-hybridized carbons (Fsp3) is 1.00. The summed E-state index contributed by atoms with van der Waals surface area (Å²) in [5, 5.41) is 18.6. The second kappa shape index (κ2) is 4.94. The third-order valence-electron chi connectivity index (χ3n) is 2.82. The molecular weight excluding hydrogens is 166 g/mol. The van der Waals surface area contributed by atoms with Gasteiger partial charge in [0.2, 0.25) is 0 Å². The van der Waals surface area contributed by atoms with E-state index >= 15 is 0 Å². The van der Waals surface area contributed by atoms with Gasteiger partial charge < -0.3 is 10.2 Å². The van der Waals surface area contributed by atoms with Crippen molar-refractivity contribution < 1.29 is 10.2 Å². The third-order valence-corrected chi connectivity index (χ3v) is 2.82. The maximum atomic E-state index is 9.46. The SMILES string of the molecule is CC(O)CCN1CC(O)CCC1C. The number of β-amino-alcohol motifs (C(OH)–C–C–N with tert-alkyl or cyclic N) is 1. The molecule has 1 fully saturated rings. The molecule has 2 N–H and O–H groups in total. The highest BCUT2D eigenvalue weighted by Gasteiger charge is 2.23. The van der Waals surface area contributed by atoms with Crippen LogP contribution in [-0.2, 0) is 0 Å². The summed E-state index contributed by atoms with van der Waals surface area (Å²) in [7, 11) is 0. The Morgan fingerprint density at radius 2 is 2.15 bits per heavy atom. The second-order valence-electron chi connectivity index (χ2n) is 4.21. The van der Waals surface area contributed by atoms with Gasteiger partial charge in [0.25, 0.3) is 0 Å². The Morgan fingerprint density at radius 3 is 2.77 bits per heavy atom. The highest BCUT2D eigenvalue weighted by Crippen LogP contribution is 2.17. The van der Waals surface area contributed by atoms with Gasteiger partial charge in [0.15, 0.2) is 0 Å². The molecule has 78 valence electrons. The highest BCUT2D eigenvalue weighted by molar-refractivity contribution is 4.78. The third kappa shape index (κ3) is 3.63. The molecule has 0 amide bonds. The second-order valence-corrected chi connectivity index (χ2v) is 4.21. The minimum atomic E-state index is -0.230. The number of likely N-dealkylation sites (tertiary alicyclic amines) is 1. The summed E-state index contributed by atoms with van der Waals surface area (Å²) in [4.78, 5) is 2.26. The minimum absolute atomic E-state index is 0.162. The van der Waals surface area contributed by atoms with E-state index in [0.29, 0.717) is 6.04 Å². The van der Waals surface area contributed by atoms with Crippen LogP contribution in [0.1, 0.15) is 33.1 Å². The lowest BCUT2D eigenvalue weighted by Crippen LogP contribution is -2.44. The van der Waals surface area contributed by atoms with Crippen molar-refractivity contribution in [2.45, 2.75) is 51.4 Å². The summed E-state index contributed by atoms with van der Waals surface area (Å²) >= 11 is 0. The first-order valence-electron chi connectivity index (χ1n) is 5.19. The first-order valence-corrected chi connectivity index (χ1v) is 5.19. The van der Waals surface area contributed by atoms with Crippen molar-refractivity contribution in [3.8, 4) is 0 Å². The molecule has 1 rings (SSSR count). The fourth-order valence-corrected chi connectivity index (χ4v) is 1.82. The van der Waals surface area contributed by atoms with Crippen LogP contribution in [0.3, 0.4) is 0 Å². The molecule has 3 heteroatoms. The molecule has 0 aliphatic carbocycles. The molecular formula is C10H21NO2. The molecule has 3 unspecified atom stereocenters. The zero-order valence-corrected chi connectivity index (χ0v) is 8.61. The Bertz CT molecular complexity index is 150. The predicted octanol–water partition coefficient (Wildman–Crippen LogP) is 0.602. The van der Waals surface area contributed by atoms with Crippen LogP contribution < -0.4 is 0 Å². The molecule has 13 heavy (non-hydrogen) atoms. The van der Waals surface area contributed by atoms with Gasteiger partial charge in [-0.1, -0.05) is 0 Å². The molecule has 0 radical (unpaired) electrons. The van der Waals surface area contributed by atoms with E-state index in [-0.39, 0.29) is 12.2 Å². The molecule has 0 aromatic rings. The van der Waals surface area contributed by atoms with Gasteiger partial charge in [-0.05, 0) is 33.1 Å².